The van der Waals surface area contributed by atoms with Crippen molar-refractivity contribution in [3.05, 3.63) is 35.4 Å². The summed E-state index contributed by atoms with van der Waals surface area (Å²) < 4.78 is 5.82. The fourth-order valence-corrected chi connectivity index (χ4v) is 2.22. The second-order valence-electron chi connectivity index (χ2n) is 4.57. The Morgan fingerprint density at radius 2 is 1.81 bits per heavy atom. The molecule has 0 heterocycles. The van der Waals surface area contributed by atoms with Gasteiger partial charge < -0.3 is 4.74 Å². The van der Waals surface area contributed by atoms with Crippen LogP contribution in [0.4, 0.5) is 0 Å². The van der Waals surface area contributed by atoms with Crippen LogP contribution in [0.15, 0.2) is 24.3 Å². The molecule has 1 rings (SSSR count). The highest BCUT2D eigenvalue weighted by molar-refractivity contribution is 9.09. The summed E-state index contributed by atoms with van der Waals surface area (Å²) in [4.78, 5) is 0. The Hall–Kier alpha value is -0.340. The standard InChI is InChI=1S/C14H21BrO/c1-5-16-14(4,10-15)13-8-6-12(7-9-13)11(2)3/h6-9,11H,5,10H2,1-4H3. The smallest absolute Gasteiger partial charge is 0.0999 e. The Balaban J connectivity index is 2.94. The third kappa shape index (κ3) is 3.08. The molecule has 0 N–H and O–H groups in total. The summed E-state index contributed by atoms with van der Waals surface area (Å²) in [7, 11) is 0. The minimum Gasteiger partial charge on any atom is -0.370 e. The lowest BCUT2D eigenvalue weighted by Crippen LogP contribution is -2.27. The fourth-order valence-electron chi connectivity index (χ4n) is 1.74. The van der Waals surface area contributed by atoms with Crippen molar-refractivity contribution in [1.29, 1.82) is 0 Å². The highest BCUT2D eigenvalue weighted by Gasteiger charge is 2.25. The van der Waals surface area contributed by atoms with Crippen LogP contribution in [0.2, 0.25) is 0 Å². The summed E-state index contributed by atoms with van der Waals surface area (Å²) in [5.74, 6) is 0.580. The van der Waals surface area contributed by atoms with Crippen LogP contribution in [0.25, 0.3) is 0 Å². The van der Waals surface area contributed by atoms with Crippen LogP contribution < -0.4 is 0 Å². The first-order valence-electron chi connectivity index (χ1n) is 5.84. The molecule has 0 aromatic heterocycles. The van der Waals surface area contributed by atoms with Crippen molar-refractivity contribution in [1.82, 2.24) is 0 Å². The van der Waals surface area contributed by atoms with Crippen molar-refractivity contribution in [2.75, 3.05) is 11.9 Å². The van der Waals surface area contributed by atoms with Gasteiger partial charge in [0.1, 0.15) is 0 Å². The number of benzene rings is 1. The Morgan fingerprint density at radius 3 is 2.19 bits per heavy atom. The molecule has 0 aliphatic carbocycles. The van der Waals surface area contributed by atoms with E-state index < -0.39 is 0 Å². The van der Waals surface area contributed by atoms with E-state index >= 15 is 0 Å². The van der Waals surface area contributed by atoms with E-state index in [1.165, 1.54) is 11.1 Å². The molecule has 90 valence electrons. The number of hydrogen-bond acceptors (Lipinski definition) is 1. The van der Waals surface area contributed by atoms with E-state index in [0.717, 1.165) is 11.9 Å². The van der Waals surface area contributed by atoms with E-state index in [2.05, 4.69) is 61.0 Å². The third-order valence-electron chi connectivity index (χ3n) is 2.91. The van der Waals surface area contributed by atoms with Crippen LogP contribution in [-0.2, 0) is 10.3 Å². The van der Waals surface area contributed by atoms with Crippen molar-refractivity contribution >= 4 is 15.9 Å². The highest BCUT2D eigenvalue weighted by atomic mass is 79.9. The normalized spacial score (nSPS) is 15.1. The van der Waals surface area contributed by atoms with Gasteiger partial charge in [-0.15, -0.1) is 0 Å². The molecule has 2 heteroatoms. The lowest BCUT2D eigenvalue weighted by atomic mass is 9.94. The topological polar surface area (TPSA) is 9.23 Å². The van der Waals surface area contributed by atoms with Gasteiger partial charge in [0.05, 0.1) is 5.60 Å². The SMILES string of the molecule is CCOC(C)(CBr)c1ccc(C(C)C)cc1. The van der Waals surface area contributed by atoms with E-state index in [4.69, 9.17) is 4.74 Å². The lowest BCUT2D eigenvalue weighted by molar-refractivity contribution is -0.00894. The highest BCUT2D eigenvalue weighted by Crippen LogP contribution is 2.28. The molecule has 0 aliphatic rings. The van der Waals surface area contributed by atoms with Gasteiger partial charge in [0, 0.05) is 11.9 Å². The summed E-state index contributed by atoms with van der Waals surface area (Å²) in [5, 5.41) is 0.814. The zero-order valence-electron chi connectivity index (χ0n) is 10.6. The summed E-state index contributed by atoms with van der Waals surface area (Å²) >= 11 is 3.53. The fraction of sp³-hybridized carbons (Fsp3) is 0.571. The maximum atomic E-state index is 5.82. The van der Waals surface area contributed by atoms with Gasteiger partial charge in [0.2, 0.25) is 0 Å². The van der Waals surface area contributed by atoms with Gasteiger partial charge in [0.15, 0.2) is 0 Å². The molecule has 1 aromatic rings. The van der Waals surface area contributed by atoms with Gasteiger partial charge in [-0.05, 0) is 30.9 Å². The maximum Gasteiger partial charge on any atom is 0.0999 e. The van der Waals surface area contributed by atoms with Crippen LogP contribution in [0, 0.1) is 0 Å². The number of alkyl halides is 1. The summed E-state index contributed by atoms with van der Waals surface area (Å²) in [6.45, 7) is 9.30. The molecule has 0 amide bonds. The molecular formula is C14H21BrO. The molecule has 0 spiro atoms. The van der Waals surface area contributed by atoms with Crippen molar-refractivity contribution in [2.24, 2.45) is 0 Å². The van der Waals surface area contributed by atoms with Crippen LogP contribution in [0.1, 0.15) is 44.7 Å². The average molecular weight is 285 g/mol. The Bertz CT molecular complexity index is 318. The third-order valence-corrected chi connectivity index (χ3v) is 3.98. The molecule has 16 heavy (non-hydrogen) atoms. The van der Waals surface area contributed by atoms with Crippen LogP contribution in [0.5, 0.6) is 0 Å². The predicted molar refractivity (Wildman–Crippen MR) is 73.3 cm³/mol. The van der Waals surface area contributed by atoms with Crippen molar-refractivity contribution in [2.45, 2.75) is 39.2 Å². The Labute approximate surface area is 107 Å². The summed E-state index contributed by atoms with van der Waals surface area (Å²) in [6, 6.07) is 8.73. The molecule has 0 aliphatic heterocycles. The second kappa shape index (κ2) is 5.83. The predicted octanol–water partition coefficient (Wildman–Crippen LogP) is 4.46. The molecule has 1 unspecified atom stereocenters. The van der Waals surface area contributed by atoms with Crippen molar-refractivity contribution < 1.29 is 4.74 Å². The van der Waals surface area contributed by atoms with Gasteiger partial charge in [-0.3, -0.25) is 0 Å². The zero-order valence-corrected chi connectivity index (χ0v) is 12.2. The first-order valence-corrected chi connectivity index (χ1v) is 6.96. The quantitative estimate of drug-likeness (QED) is 0.726. The molecule has 1 nitrogen and oxygen atoms in total. The average Bonchev–Trinajstić information content (AvgIpc) is 2.29. The van der Waals surface area contributed by atoms with Crippen molar-refractivity contribution in [3.8, 4) is 0 Å². The van der Waals surface area contributed by atoms with E-state index in [0.29, 0.717) is 5.92 Å². The molecule has 1 aromatic carbocycles. The van der Waals surface area contributed by atoms with Crippen LogP contribution in [-0.4, -0.2) is 11.9 Å². The number of hydrogen-bond donors (Lipinski definition) is 0. The molecular weight excluding hydrogens is 264 g/mol. The lowest BCUT2D eigenvalue weighted by Gasteiger charge is -2.28. The minimum absolute atomic E-state index is 0.218. The molecule has 0 saturated carbocycles. The molecule has 0 bridgehead atoms. The molecule has 0 fully saturated rings. The second-order valence-corrected chi connectivity index (χ2v) is 5.13. The maximum absolute atomic E-state index is 5.82. The van der Waals surface area contributed by atoms with E-state index in [9.17, 15) is 0 Å². The first kappa shape index (κ1) is 13.7. The first-order chi connectivity index (χ1) is 7.53. The molecule has 0 radical (unpaired) electrons. The van der Waals surface area contributed by atoms with Gasteiger partial charge in [-0.2, -0.15) is 0 Å². The van der Waals surface area contributed by atoms with Crippen LogP contribution in [0.3, 0.4) is 0 Å². The largest absolute Gasteiger partial charge is 0.370 e. The molecule has 0 saturated heterocycles. The molecule has 1 atom stereocenters. The van der Waals surface area contributed by atoms with Gasteiger partial charge in [-0.25, -0.2) is 0 Å². The van der Waals surface area contributed by atoms with E-state index in [1.54, 1.807) is 0 Å². The van der Waals surface area contributed by atoms with E-state index in [-0.39, 0.29) is 5.60 Å². The van der Waals surface area contributed by atoms with Gasteiger partial charge >= 0.3 is 0 Å². The Kier molecular flexibility index (Phi) is 5.00. The summed E-state index contributed by atoms with van der Waals surface area (Å²) in [6.07, 6.45) is 0. The van der Waals surface area contributed by atoms with Crippen molar-refractivity contribution in [3.63, 3.8) is 0 Å². The Morgan fingerprint density at radius 1 is 1.25 bits per heavy atom. The monoisotopic (exact) mass is 284 g/mol. The zero-order chi connectivity index (χ0) is 12.2. The van der Waals surface area contributed by atoms with Gasteiger partial charge in [0.25, 0.3) is 0 Å². The number of halogens is 1. The minimum atomic E-state index is -0.218. The summed E-state index contributed by atoms with van der Waals surface area (Å²) in [5.41, 5.74) is 2.39. The van der Waals surface area contributed by atoms with Gasteiger partial charge in [-0.1, -0.05) is 54.0 Å². The van der Waals surface area contributed by atoms with E-state index in [1.807, 2.05) is 6.92 Å². The van der Waals surface area contributed by atoms with Crippen LogP contribution >= 0.6 is 15.9 Å². The number of ether oxygens (including phenoxy) is 1. The number of rotatable bonds is 5.